The van der Waals surface area contributed by atoms with Crippen molar-refractivity contribution < 1.29 is 9.21 Å². The van der Waals surface area contributed by atoms with Gasteiger partial charge in [-0.1, -0.05) is 48.9 Å². The van der Waals surface area contributed by atoms with E-state index >= 15 is 0 Å². The highest BCUT2D eigenvalue weighted by Crippen LogP contribution is 2.24. The molecule has 1 aliphatic heterocycles. The van der Waals surface area contributed by atoms with E-state index in [-0.39, 0.29) is 5.91 Å². The molecule has 0 saturated carbocycles. The number of amides is 1. The van der Waals surface area contributed by atoms with Crippen molar-refractivity contribution >= 4 is 16.9 Å². The molecular weight excluding hydrogens is 336 g/mol. The number of rotatable bonds is 5. The van der Waals surface area contributed by atoms with Gasteiger partial charge in [-0.15, -0.1) is 0 Å². The topological polar surface area (TPSA) is 45.5 Å². The molecule has 4 rings (SSSR count). The number of para-hydroxylation sites is 1. The predicted octanol–water partition coefficient (Wildman–Crippen LogP) is 4.66. The summed E-state index contributed by atoms with van der Waals surface area (Å²) in [4.78, 5) is 15.0. The summed E-state index contributed by atoms with van der Waals surface area (Å²) in [6.07, 6.45) is 3.98. The van der Waals surface area contributed by atoms with Crippen LogP contribution in [0.15, 0.2) is 52.9 Å². The molecule has 4 nitrogen and oxygen atoms in total. The Morgan fingerprint density at radius 1 is 1.00 bits per heavy atom. The fraction of sp³-hybridized carbons (Fsp3) is 0.348. The zero-order valence-electron chi connectivity index (χ0n) is 15.8. The fourth-order valence-corrected chi connectivity index (χ4v) is 3.79. The number of furan rings is 1. The van der Waals surface area contributed by atoms with E-state index in [0.717, 1.165) is 28.6 Å². The van der Waals surface area contributed by atoms with Gasteiger partial charge in [0.2, 0.25) is 0 Å². The first kappa shape index (κ1) is 17.8. The van der Waals surface area contributed by atoms with E-state index in [1.165, 1.54) is 37.9 Å². The van der Waals surface area contributed by atoms with Gasteiger partial charge in [0.15, 0.2) is 5.76 Å². The average molecular weight is 362 g/mol. The maximum atomic E-state index is 12.5. The Bertz CT molecular complexity index is 921. The minimum Gasteiger partial charge on any atom is -0.451 e. The summed E-state index contributed by atoms with van der Waals surface area (Å²) in [5.41, 5.74) is 4.07. The van der Waals surface area contributed by atoms with Crippen LogP contribution in [-0.2, 0) is 13.1 Å². The lowest BCUT2D eigenvalue weighted by Gasteiger charge is -2.26. The highest BCUT2D eigenvalue weighted by Gasteiger charge is 2.17. The van der Waals surface area contributed by atoms with Crippen molar-refractivity contribution in [2.75, 3.05) is 13.1 Å². The number of hydrogen-bond donors (Lipinski definition) is 1. The standard InChI is InChI=1S/C23H26N2O2/c1-17-20-7-3-4-8-21(20)27-22(17)23(26)24-15-18-9-11-19(12-10-18)16-25-13-5-2-6-14-25/h3-4,7-12H,2,5-6,13-16H2,1H3,(H,24,26). The number of nitrogens with zero attached hydrogens (tertiary/aromatic N) is 1. The number of piperidine rings is 1. The van der Waals surface area contributed by atoms with Gasteiger partial charge in [-0.25, -0.2) is 0 Å². The summed E-state index contributed by atoms with van der Waals surface area (Å²) in [6.45, 7) is 5.85. The summed E-state index contributed by atoms with van der Waals surface area (Å²) < 4.78 is 5.74. The van der Waals surface area contributed by atoms with Gasteiger partial charge in [0.05, 0.1) is 0 Å². The third kappa shape index (κ3) is 4.06. The third-order valence-electron chi connectivity index (χ3n) is 5.38. The first-order chi connectivity index (χ1) is 13.2. The number of fused-ring (bicyclic) bond motifs is 1. The van der Waals surface area contributed by atoms with Crippen LogP contribution in [-0.4, -0.2) is 23.9 Å². The summed E-state index contributed by atoms with van der Waals surface area (Å²) in [5, 5.41) is 3.97. The minimum absolute atomic E-state index is 0.166. The molecule has 0 spiro atoms. The molecule has 0 bridgehead atoms. The molecule has 0 aliphatic carbocycles. The Morgan fingerprint density at radius 3 is 2.44 bits per heavy atom. The van der Waals surface area contributed by atoms with Gasteiger partial charge >= 0.3 is 0 Å². The van der Waals surface area contributed by atoms with Crippen molar-refractivity contribution in [3.63, 3.8) is 0 Å². The van der Waals surface area contributed by atoms with Crippen LogP contribution >= 0.6 is 0 Å². The van der Waals surface area contributed by atoms with Crippen molar-refractivity contribution in [3.05, 3.63) is 71.0 Å². The number of hydrogen-bond acceptors (Lipinski definition) is 3. The molecule has 1 aromatic heterocycles. The largest absolute Gasteiger partial charge is 0.451 e. The highest BCUT2D eigenvalue weighted by atomic mass is 16.3. The van der Waals surface area contributed by atoms with E-state index in [1.54, 1.807) is 0 Å². The molecule has 0 radical (unpaired) electrons. The first-order valence-electron chi connectivity index (χ1n) is 9.77. The normalized spacial score (nSPS) is 15.1. The van der Waals surface area contributed by atoms with Crippen molar-refractivity contribution in [1.82, 2.24) is 10.2 Å². The van der Waals surface area contributed by atoms with Crippen LogP contribution in [0.5, 0.6) is 0 Å². The molecule has 1 aliphatic rings. The van der Waals surface area contributed by atoms with Gasteiger partial charge in [0, 0.05) is 24.0 Å². The lowest BCUT2D eigenvalue weighted by atomic mass is 10.1. The van der Waals surface area contributed by atoms with Gasteiger partial charge in [0.1, 0.15) is 5.58 Å². The van der Waals surface area contributed by atoms with Crippen LogP contribution in [0.2, 0.25) is 0 Å². The number of likely N-dealkylation sites (tertiary alicyclic amines) is 1. The maximum Gasteiger partial charge on any atom is 0.287 e. The molecule has 1 fully saturated rings. The monoisotopic (exact) mass is 362 g/mol. The molecular formula is C23H26N2O2. The van der Waals surface area contributed by atoms with Crippen LogP contribution in [0.1, 0.15) is 46.5 Å². The maximum absolute atomic E-state index is 12.5. The second-order valence-electron chi connectivity index (χ2n) is 7.39. The predicted molar refractivity (Wildman–Crippen MR) is 108 cm³/mol. The molecule has 4 heteroatoms. The molecule has 140 valence electrons. The first-order valence-corrected chi connectivity index (χ1v) is 9.77. The fourth-order valence-electron chi connectivity index (χ4n) is 3.79. The van der Waals surface area contributed by atoms with E-state index < -0.39 is 0 Å². The second kappa shape index (κ2) is 7.97. The number of nitrogens with one attached hydrogen (secondary N) is 1. The molecule has 3 aromatic rings. The van der Waals surface area contributed by atoms with Crippen LogP contribution < -0.4 is 5.32 Å². The molecule has 1 N–H and O–H groups in total. The highest BCUT2D eigenvalue weighted by molar-refractivity contribution is 5.98. The lowest BCUT2D eigenvalue weighted by Crippen LogP contribution is -2.29. The molecule has 2 aromatic carbocycles. The van der Waals surface area contributed by atoms with E-state index in [4.69, 9.17) is 4.42 Å². The summed E-state index contributed by atoms with van der Waals surface area (Å²) in [5.74, 6) is 0.235. The van der Waals surface area contributed by atoms with Gasteiger partial charge < -0.3 is 9.73 Å². The molecule has 1 saturated heterocycles. The average Bonchev–Trinajstić information content (AvgIpc) is 3.05. The van der Waals surface area contributed by atoms with Crippen LogP contribution in [0.25, 0.3) is 11.0 Å². The van der Waals surface area contributed by atoms with Crippen LogP contribution in [0, 0.1) is 6.92 Å². The van der Waals surface area contributed by atoms with Gasteiger partial charge in [-0.05, 0) is 50.0 Å². The molecule has 0 unspecified atom stereocenters. The Balaban J connectivity index is 1.36. The zero-order chi connectivity index (χ0) is 18.6. The van der Waals surface area contributed by atoms with E-state index in [1.807, 2.05) is 31.2 Å². The quantitative estimate of drug-likeness (QED) is 0.718. The minimum atomic E-state index is -0.166. The summed E-state index contributed by atoms with van der Waals surface area (Å²) in [7, 11) is 0. The Kier molecular flexibility index (Phi) is 5.26. The van der Waals surface area contributed by atoms with Crippen molar-refractivity contribution in [2.24, 2.45) is 0 Å². The molecule has 27 heavy (non-hydrogen) atoms. The van der Waals surface area contributed by atoms with Gasteiger partial charge in [-0.3, -0.25) is 9.69 Å². The Labute approximate surface area is 160 Å². The summed E-state index contributed by atoms with van der Waals surface area (Å²) >= 11 is 0. The zero-order valence-corrected chi connectivity index (χ0v) is 15.8. The summed E-state index contributed by atoms with van der Waals surface area (Å²) in [6, 6.07) is 16.3. The smallest absolute Gasteiger partial charge is 0.287 e. The van der Waals surface area contributed by atoms with Gasteiger partial charge in [-0.2, -0.15) is 0 Å². The van der Waals surface area contributed by atoms with E-state index in [0.29, 0.717) is 12.3 Å². The van der Waals surface area contributed by atoms with Crippen molar-refractivity contribution in [2.45, 2.75) is 39.3 Å². The second-order valence-corrected chi connectivity index (χ2v) is 7.39. The molecule has 1 amide bonds. The number of aryl methyl sites for hydroxylation is 1. The van der Waals surface area contributed by atoms with Crippen LogP contribution in [0.3, 0.4) is 0 Å². The lowest BCUT2D eigenvalue weighted by molar-refractivity contribution is 0.0924. The number of carbonyl (C=O) groups excluding carboxylic acids is 1. The third-order valence-corrected chi connectivity index (χ3v) is 5.38. The number of carbonyl (C=O) groups is 1. The van der Waals surface area contributed by atoms with E-state index in [9.17, 15) is 4.79 Å². The van der Waals surface area contributed by atoms with Crippen molar-refractivity contribution in [1.29, 1.82) is 0 Å². The number of benzene rings is 2. The SMILES string of the molecule is Cc1c(C(=O)NCc2ccc(CN3CCCCC3)cc2)oc2ccccc12. The Morgan fingerprint density at radius 2 is 1.70 bits per heavy atom. The Hall–Kier alpha value is -2.59. The molecule has 2 heterocycles. The van der Waals surface area contributed by atoms with E-state index in [2.05, 4.69) is 34.5 Å². The van der Waals surface area contributed by atoms with Gasteiger partial charge in [0.25, 0.3) is 5.91 Å². The van der Waals surface area contributed by atoms with Crippen molar-refractivity contribution in [3.8, 4) is 0 Å². The van der Waals surface area contributed by atoms with Crippen LogP contribution in [0.4, 0.5) is 0 Å². The molecule has 0 atom stereocenters.